The summed E-state index contributed by atoms with van der Waals surface area (Å²) in [6.07, 6.45) is 0. The quantitative estimate of drug-likeness (QED) is 0.221. The zero-order valence-electron chi connectivity index (χ0n) is 22.1. The molecule has 0 aliphatic carbocycles. The Morgan fingerprint density at radius 2 is 1.41 bits per heavy atom. The van der Waals surface area contributed by atoms with Crippen LogP contribution in [0.1, 0.15) is 29.2 Å². The number of aliphatic imine (C=N–C) groups is 1. The van der Waals surface area contributed by atoms with Crippen LogP contribution in [0.25, 0.3) is 0 Å². The van der Waals surface area contributed by atoms with Gasteiger partial charge in [0, 0.05) is 15.8 Å². The molecular formula is C32H30BrFN2O2S. The van der Waals surface area contributed by atoms with Crippen molar-refractivity contribution in [2.24, 2.45) is 4.99 Å². The lowest BCUT2D eigenvalue weighted by Gasteiger charge is -2.40. The van der Waals surface area contributed by atoms with Crippen LogP contribution in [0.5, 0.6) is 11.5 Å². The van der Waals surface area contributed by atoms with Gasteiger partial charge in [-0.3, -0.25) is 4.99 Å². The average Bonchev–Trinajstić information content (AvgIpc) is 2.98. The number of rotatable bonds is 7. The molecule has 39 heavy (non-hydrogen) atoms. The molecule has 5 rings (SSSR count). The molecule has 7 heteroatoms. The van der Waals surface area contributed by atoms with Gasteiger partial charge in [-0.2, -0.15) is 11.8 Å². The maximum atomic E-state index is 15.1. The van der Waals surface area contributed by atoms with E-state index in [-0.39, 0.29) is 5.82 Å². The second kappa shape index (κ2) is 11.4. The fourth-order valence-electron chi connectivity index (χ4n) is 5.12. The van der Waals surface area contributed by atoms with Crippen molar-refractivity contribution in [1.82, 2.24) is 5.32 Å². The van der Waals surface area contributed by atoms with E-state index in [1.54, 1.807) is 32.0 Å². The summed E-state index contributed by atoms with van der Waals surface area (Å²) in [7, 11) is 3.33. The molecule has 0 aromatic heterocycles. The van der Waals surface area contributed by atoms with Crippen molar-refractivity contribution in [2.75, 3.05) is 25.7 Å². The summed E-state index contributed by atoms with van der Waals surface area (Å²) in [6, 6.07) is 31.5. The Morgan fingerprint density at radius 3 is 1.97 bits per heavy atom. The first-order valence-corrected chi connectivity index (χ1v) is 14.6. The summed E-state index contributed by atoms with van der Waals surface area (Å²) in [5.74, 6) is 3.44. The van der Waals surface area contributed by atoms with E-state index in [1.165, 1.54) is 6.07 Å². The smallest absolute Gasteiger partial charge is 0.128 e. The summed E-state index contributed by atoms with van der Waals surface area (Å²) in [4.78, 5) is 5.19. The zero-order chi connectivity index (χ0) is 27.5. The highest BCUT2D eigenvalue weighted by Gasteiger charge is 2.40. The maximum absolute atomic E-state index is 15.1. The van der Waals surface area contributed by atoms with E-state index in [0.29, 0.717) is 17.1 Å². The highest BCUT2D eigenvalue weighted by Crippen LogP contribution is 2.41. The molecule has 0 bridgehead atoms. The van der Waals surface area contributed by atoms with E-state index >= 15 is 4.39 Å². The first kappa shape index (κ1) is 27.3. The molecule has 4 aromatic carbocycles. The first-order valence-electron chi connectivity index (χ1n) is 12.6. The Kier molecular flexibility index (Phi) is 8.01. The summed E-state index contributed by atoms with van der Waals surface area (Å²) in [6.45, 7) is 2.00. The third-order valence-electron chi connectivity index (χ3n) is 7.10. The summed E-state index contributed by atoms with van der Waals surface area (Å²) in [5, 5.41) is 3.87. The number of nitrogens with zero attached hydrogens (tertiary/aromatic N) is 1. The van der Waals surface area contributed by atoms with Crippen LogP contribution in [0.2, 0.25) is 0 Å². The second-order valence-electron chi connectivity index (χ2n) is 9.65. The van der Waals surface area contributed by atoms with Crippen LogP contribution in [0.15, 0.2) is 107 Å². The Bertz CT molecular complexity index is 1410. The predicted octanol–water partition coefficient (Wildman–Crippen LogP) is 7.55. The van der Waals surface area contributed by atoms with Crippen LogP contribution in [-0.2, 0) is 11.1 Å². The van der Waals surface area contributed by atoms with Crippen molar-refractivity contribution >= 4 is 33.5 Å². The molecule has 1 N–H and O–H groups in total. The zero-order valence-corrected chi connectivity index (χ0v) is 24.5. The number of nitrogens with one attached hydrogen (secondary N) is 1. The predicted molar refractivity (Wildman–Crippen MR) is 162 cm³/mol. The molecular weight excluding hydrogens is 575 g/mol. The third kappa shape index (κ3) is 5.43. The topological polar surface area (TPSA) is 42.8 Å². The number of ether oxygens (including phenoxy) is 2. The van der Waals surface area contributed by atoms with Gasteiger partial charge in [-0.25, -0.2) is 4.39 Å². The van der Waals surface area contributed by atoms with E-state index in [2.05, 4.69) is 57.6 Å². The highest BCUT2D eigenvalue weighted by atomic mass is 79.9. The van der Waals surface area contributed by atoms with Gasteiger partial charge in [0.2, 0.25) is 0 Å². The molecule has 4 aromatic rings. The normalized spacial score (nSPS) is 17.3. The van der Waals surface area contributed by atoms with Crippen molar-refractivity contribution in [3.63, 3.8) is 0 Å². The van der Waals surface area contributed by atoms with Gasteiger partial charge in [0.15, 0.2) is 0 Å². The standard InChI is InChI=1S/C32H30BrFN2O2S/c1-31(28-19-25(33)13-18-29(28)34)21-39-20-30(35-31)36-32(22-7-5-4-6-8-22,23-9-14-26(37-2)15-10-23)24-11-16-27(38-3)17-12-24/h4-19H,20-21H2,1-3H3,(H,35,36). The molecule has 1 atom stereocenters. The van der Waals surface area contributed by atoms with Gasteiger partial charge in [0.25, 0.3) is 0 Å². The van der Waals surface area contributed by atoms with Gasteiger partial charge in [-0.05, 0) is 66.1 Å². The molecule has 1 aliphatic heterocycles. The molecule has 1 unspecified atom stereocenters. The molecule has 0 amide bonds. The summed E-state index contributed by atoms with van der Waals surface area (Å²) < 4.78 is 26.8. The van der Waals surface area contributed by atoms with Crippen molar-refractivity contribution < 1.29 is 13.9 Å². The number of halogens is 2. The Balaban J connectivity index is 1.71. The lowest BCUT2D eigenvalue weighted by molar-refractivity contribution is 0.413. The van der Waals surface area contributed by atoms with Crippen LogP contribution in [0.3, 0.4) is 0 Å². The minimum absolute atomic E-state index is 0.258. The van der Waals surface area contributed by atoms with E-state index in [9.17, 15) is 0 Å². The number of benzene rings is 4. The SMILES string of the molecule is COc1ccc(C(NC2=NC(C)(c3cc(Br)ccc3F)CSC2)(c2ccccc2)c2ccc(OC)cc2)cc1. The second-order valence-corrected chi connectivity index (χ2v) is 11.5. The Morgan fingerprint density at radius 1 is 0.846 bits per heavy atom. The Labute approximate surface area is 241 Å². The minimum atomic E-state index is -0.784. The molecule has 200 valence electrons. The van der Waals surface area contributed by atoms with Crippen molar-refractivity contribution in [3.05, 3.63) is 130 Å². The number of hydrogen-bond donors (Lipinski definition) is 1. The monoisotopic (exact) mass is 604 g/mol. The van der Waals surface area contributed by atoms with E-state index in [1.807, 2.05) is 55.5 Å². The van der Waals surface area contributed by atoms with Crippen molar-refractivity contribution in [3.8, 4) is 11.5 Å². The molecule has 1 aliphatic rings. The largest absolute Gasteiger partial charge is 0.497 e. The van der Waals surface area contributed by atoms with Crippen LogP contribution in [0, 0.1) is 5.82 Å². The van der Waals surface area contributed by atoms with Gasteiger partial charge < -0.3 is 14.8 Å². The summed E-state index contributed by atoms with van der Waals surface area (Å²) >= 11 is 5.25. The molecule has 0 radical (unpaired) electrons. The van der Waals surface area contributed by atoms with Crippen LogP contribution < -0.4 is 14.8 Å². The van der Waals surface area contributed by atoms with Gasteiger partial charge in [0.05, 0.1) is 25.5 Å². The average molecular weight is 606 g/mol. The van der Waals surface area contributed by atoms with Gasteiger partial charge in [-0.15, -0.1) is 0 Å². The lowest BCUT2D eigenvalue weighted by Crippen LogP contribution is -2.50. The molecule has 0 fully saturated rings. The van der Waals surface area contributed by atoms with Crippen LogP contribution in [0.4, 0.5) is 4.39 Å². The van der Waals surface area contributed by atoms with Gasteiger partial charge in [0.1, 0.15) is 28.7 Å². The van der Waals surface area contributed by atoms with Crippen LogP contribution in [-0.4, -0.2) is 31.6 Å². The number of thioether (sulfide) groups is 1. The van der Waals surface area contributed by atoms with Crippen molar-refractivity contribution in [1.29, 1.82) is 0 Å². The molecule has 0 saturated heterocycles. The van der Waals surface area contributed by atoms with E-state index in [4.69, 9.17) is 14.5 Å². The molecule has 0 spiro atoms. The van der Waals surface area contributed by atoms with Crippen LogP contribution >= 0.6 is 27.7 Å². The highest BCUT2D eigenvalue weighted by molar-refractivity contribution is 9.10. The van der Waals surface area contributed by atoms with E-state index < -0.39 is 11.1 Å². The third-order valence-corrected chi connectivity index (χ3v) is 8.83. The lowest BCUT2D eigenvalue weighted by atomic mass is 9.76. The molecule has 0 saturated carbocycles. The fraction of sp³-hybridized carbons (Fsp3) is 0.219. The molecule has 1 heterocycles. The number of hydrogen-bond acceptors (Lipinski definition) is 5. The number of amidine groups is 1. The first-order chi connectivity index (χ1) is 18.9. The number of methoxy groups -OCH3 is 2. The fourth-order valence-corrected chi connectivity index (χ4v) is 6.53. The minimum Gasteiger partial charge on any atom is -0.497 e. The maximum Gasteiger partial charge on any atom is 0.128 e. The van der Waals surface area contributed by atoms with Gasteiger partial charge >= 0.3 is 0 Å². The Hall–Kier alpha value is -3.29. The summed E-state index contributed by atoms with van der Waals surface area (Å²) in [5.41, 5.74) is 2.15. The van der Waals surface area contributed by atoms with Crippen molar-refractivity contribution in [2.45, 2.75) is 18.0 Å². The molecule has 4 nitrogen and oxygen atoms in total. The van der Waals surface area contributed by atoms with Gasteiger partial charge in [-0.1, -0.05) is 70.5 Å². The van der Waals surface area contributed by atoms with E-state index in [0.717, 1.165) is 38.5 Å².